The Morgan fingerprint density at radius 3 is 2.50 bits per heavy atom. The molecule has 4 heteroatoms. The lowest BCUT2D eigenvalue weighted by atomic mass is 10.1. The molecule has 4 nitrogen and oxygen atoms in total. The molecule has 1 aliphatic heterocycles. The molecule has 1 saturated heterocycles. The molecule has 1 rings (SSSR count). The van der Waals surface area contributed by atoms with E-state index in [2.05, 4.69) is 4.90 Å². The third kappa shape index (κ3) is 2.19. The number of hydroxylamine groups is 1. The first-order valence-corrected chi connectivity index (χ1v) is 4.43. The molecule has 1 aliphatic rings. The van der Waals surface area contributed by atoms with Gasteiger partial charge in [-0.1, -0.05) is 6.42 Å². The summed E-state index contributed by atoms with van der Waals surface area (Å²) in [5, 5.41) is 8.41. The molecule has 0 aromatic carbocycles. The molecule has 1 atom stereocenters. The van der Waals surface area contributed by atoms with Gasteiger partial charge in [-0.05, 0) is 32.9 Å². The fraction of sp³-hybridized carbons (Fsp3) is 0.875. The van der Waals surface area contributed by atoms with Gasteiger partial charge >= 0.3 is 0 Å². The predicted molar refractivity (Wildman–Crippen MR) is 44.8 cm³/mol. The van der Waals surface area contributed by atoms with Crippen molar-refractivity contribution in [1.29, 1.82) is 0 Å². The van der Waals surface area contributed by atoms with Gasteiger partial charge in [0.1, 0.15) is 0 Å². The van der Waals surface area contributed by atoms with E-state index in [0.29, 0.717) is 0 Å². The minimum absolute atomic E-state index is 0.199. The van der Waals surface area contributed by atoms with E-state index in [9.17, 15) is 4.79 Å². The number of carbonyl (C=O) groups is 1. The molecule has 2 N–H and O–H groups in total. The number of amides is 1. The van der Waals surface area contributed by atoms with Crippen LogP contribution in [-0.2, 0) is 4.79 Å². The second-order valence-corrected chi connectivity index (χ2v) is 3.25. The molecule has 0 aliphatic carbocycles. The summed E-state index contributed by atoms with van der Waals surface area (Å²) in [6, 6.07) is -0.199. The Morgan fingerprint density at radius 1 is 1.42 bits per heavy atom. The molecule has 1 fully saturated rings. The highest BCUT2D eigenvalue weighted by molar-refractivity contribution is 5.80. The Labute approximate surface area is 72.5 Å². The number of nitrogens with zero attached hydrogens (tertiary/aromatic N) is 1. The molecule has 1 heterocycles. The molecule has 0 bridgehead atoms. The van der Waals surface area contributed by atoms with E-state index < -0.39 is 0 Å². The minimum atomic E-state index is -0.308. The van der Waals surface area contributed by atoms with Crippen LogP contribution in [-0.4, -0.2) is 35.1 Å². The normalized spacial score (nSPS) is 21.8. The summed E-state index contributed by atoms with van der Waals surface area (Å²) in [7, 11) is 0. The van der Waals surface area contributed by atoms with Gasteiger partial charge in [-0.3, -0.25) is 14.9 Å². The van der Waals surface area contributed by atoms with Crippen molar-refractivity contribution in [3.05, 3.63) is 0 Å². The van der Waals surface area contributed by atoms with Crippen molar-refractivity contribution in [2.75, 3.05) is 13.1 Å². The summed E-state index contributed by atoms with van der Waals surface area (Å²) in [6.45, 7) is 3.75. The summed E-state index contributed by atoms with van der Waals surface area (Å²) >= 11 is 0. The molecular formula is C8H16N2O2. The molecule has 0 aromatic rings. The molecule has 0 saturated carbocycles. The van der Waals surface area contributed by atoms with E-state index in [1.165, 1.54) is 6.42 Å². The van der Waals surface area contributed by atoms with Crippen LogP contribution in [0.1, 0.15) is 26.2 Å². The fourth-order valence-corrected chi connectivity index (χ4v) is 1.56. The molecule has 0 aromatic heterocycles. The van der Waals surface area contributed by atoms with E-state index in [-0.39, 0.29) is 11.9 Å². The van der Waals surface area contributed by atoms with E-state index in [0.717, 1.165) is 25.9 Å². The van der Waals surface area contributed by atoms with Crippen LogP contribution in [0.4, 0.5) is 0 Å². The predicted octanol–water partition coefficient (Wildman–Crippen LogP) is 0.366. The highest BCUT2D eigenvalue weighted by atomic mass is 16.5. The second-order valence-electron chi connectivity index (χ2n) is 3.25. The molecule has 1 unspecified atom stereocenters. The zero-order valence-electron chi connectivity index (χ0n) is 7.42. The molecule has 12 heavy (non-hydrogen) atoms. The van der Waals surface area contributed by atoms with E-state index in [1.807, 2.05) is 6.92 Å². The first-order valence-electron chi connectivity index (χ1n) is 4.43. The van der Waals surface area contributed by atoms with Gasteiger partial charge in [0.15, 0.2) is 0 Å². The standard InChI is InChI=1S/C8H16N2O2/c1-7(8(11)9-12)10-5-3-2-4-6-10/h7,12H,2-6H2,1H3,(H,9,11). The number of carbonyl (C=O) groups excluding carboxylic acids is 1. The van der Waals surface area contributed by atoms with Crippen molar-refractivity contribution in [2.24, 2.45) is 0 Å². The Balaban J connectivity index is 2.39. The lowest BCUT2D eigenvalue weighted by Crippen LogP contribution is -2.46. The topological polar surface area (TPSA) is 52.6 Å². The van der Waals surface area contributed by atoms with Crippen molar-refractivity contribution in [1.82, 2.24) is 10.4 Å². The Bertz CT molecular complexity index is 155. The second kappa shape index (κ2) is 4.42. The van der Waals surface area contributed by atoms with Gasteiger partial charge in [-0.15, -0.1) is 0 Å². The lowest BCUT2D eigenvalue weighted by molar-refractivity contribution is -0.134. The van der Waals surface area contributed by atoms with Crippen LogP contribution in [0.15, 0.2) is 0 Å². The van der Waals surface area contributed by atoms with Crippen molar-refractivity contribution in [3.63, 3.8) is 0 Å². The van der Waals surface area contributed by atoms with Crippen LogP contribution >= 0.6 is 0 Å². The van der Waals surface area contributed by atoms with Gasteiger partial charge in [0.05, 0.1) is 6.04 Å². The maximum absolute atomic E-state index is 11.0. The van der Waals surface area contributed by atoms with Crippen LogP contribution in [0.5, 0.6) is 0 Å². The SMILES string of the molecule is CC(C(=O)NO)N1CCCCC1. The number of likely N-dealkylation sites (tertiary alicyclic amines) is 1. The van der Waals surface area contributed by atoms with E-state index in [1.54, 1.807) is 5.48 Å². The molecule has 0 spiro atoms. The Kier molecular flexibility index (Phi) is 3.49. The zero-order valence-corrected chi connectivity index (χ0v) is 7.42. The van der Waals surface area contributed by atoms with E-state index in [4.69, 9.17) is 5.21 Å². The van der Waals surface area contributed by atoms with Crippen molar-refractivity contribution in [2.45, 2.75) is 32.2 Å². The molecule has 1 amide bonds. The number of piperidine rings is 1. The summed E-state index contributed by atoms with van der Waals surface area (Å²) in [5.74, 6) is -0.308. The third-order valence-electron chi connectivity index (χ3n) is 2.43. The van der Waals surface area contributed by atoms with Crippen molar-refractivity contribution < 1.29 is 10.0 Å². The first-order chi connectivity index (χ1) is 5.75. The average Bonchev–Trinajstić information content (AvgIpc) is 2.17. The summed E-state index contributed by atoms with van der Waals surface area (Å²) in [4.78, 5) is 13.1. The Morgan fingerprint density at radius 2 is 2.00 bits per heavy atom. The number of nitrogens with one attached hydrogen (secondary N) is 1. The van der Waals surface area contributed by atoms with Gasteiger partial charge in [0, 0.05) is 0 Å². The fourth-order valence-electron chi connectivity index (χ4n) is 1.56. The first kappa shape index (κ1) is 9.48. The van der Waals surface area contributed by atoms with Gasteiger partial charge in [-0.2, -0.15) is 0 Å². The third-order valence-corrected chi connectivity index (χ3v) is 2.43. The lowest BCUT2D eigenvalue weighted by Gasteiger charge is -2.30. The van der Waals surface area contributed by atoms with Crippen LogP contribution in [0.2, 0.25) is 0 Å². The highest BCUT2D eigenvalue weighted by Gasteiger charge is 2.21. The van der Waals surface area contributed by atoms with Gasteiger partial charge in [0.25, 0.3) is 5.91 Å². The minimum Gasteiger partial charge on any atom is -0.292 e. The number of hydrogen-bond acceptors (Lipinski definition) is 3. The molecule has 70 valence electrons. The monoisotopic (exact) mass is 172 g/mol. The van der Waals surface area contributed by atoms with Gasteiger partial charge in [-0.25, -0.2) is 5.48 Å². The molecule has 0 radical (unpaired) electrons. The maximum Gasteiger partial charge on any atom is 0.260 e. The van der Waals surface area contributed by atoms with Crippen molar-refractivity contribution >= 4 is 5.91 Å². The number of hydrogen-bond donors (Lipinski definition) is 2. The summed E-state index contributed by atoms with van der Waals surface area (Å²) in [6.07, 6.45) is 3.57. The van der Waals surface area contributed by atoms with Gasteiger partial charge in [0.2, 0.25) is 0 Å². The Hall–Kier alpha value is -0.610. The summed E-state index contributed by atoms with van der Waals surface area (Å²) in [5.41, 5.74) is 1.68. The average molecular weight is 172 g/mol. The highest BCUT2D eigenvalue weighted by Crippen LogP contribution is 2.11. The number of rotatable bonds is 2. The quantitative estimate of drug-likeness (QED) is 0.467. The van der Waals surface area contributed by atoms with Crippen LogP contribution in [0, 0.1) is 0 Å². The largest absolute Gasteiger partial charge is 0.292 e. The van der Waals surface area contributed by atoms with Crippen LogP contribution in [0.25, 0.3) is 0 Å². The smallest absolute Gasteiger partial charge is 0.260 e. The van der Waals surface area contributed by atoms with E-state index >= 15 is 0 Å². The molecular weight excluding hydrogens is 156 g/mol. The van der Waals surface area contributed by atoms with Crippen LogP contribution in [0.3, 0.4) is 0 Å². The maximum atomic E-state index is 11.0. The van der Waals surface area contributed by atoms with Crippen LogP contribution < -0.4 is 5.48 Å². The zero-order chi connectivity index (χ0) is 8.97. The summed E-state index contributed by atoms with van der Waals surface area (Å²) < 4.78 is 0. The van der Waals surface area contributed by atoms with Crippen molar-refractivity contribution in [3.8, 4) is 0 Å². The van der Waals surface area contributed by atoms with Gasteiger partial charge < -0.3 is 0 Å².